The molecule has 0 amide bonds. The fourth-order valence-corrected chi connectivity index (χ4v) is 1.81. The van der Waals surface area contributed by atoms with Crippen LogP contribution in [0.25, 0.3) is 0 Å². The monoisotopic (exact) mass is 236 g/mol. The number of nitrogen functional groups attached to an aromatic ring is 1. The van der Waals surface area contributed by atoms with Crippen LogP contribution in [0, 0.1) is 0 Å². The van der Waals surface area contributed by atoms with Gasteiger partial charge in [0.25, 0.3) is 0 Å². The SMILES string of the molecule is CCOC(C)(CC)c1nc(N)nc(C2CC2)n1. The molecule has 1 fully saturated rings. The van der Waals surface area contributed by atoms with Crippen LogP contribution < -0.4 is 5.73 Å². The van der Waals surface area contributed by atoms with Crippen LogP contribution >= 0.6 is 0 Å². The maximum Gasteiger partial charge on any atom is 0.223 e. The maximum atomic E-state index is 5.77. The van der Waals surface area contributed by atoms with E-state index in [4.69, 9.17) is 10.5 Å². The molecule has 5 nitrogen and oxygen atoms in total. The second kappa shape index (κ2) is 4.56. The van der Waals surface area contributed by atoms with Gasteiger partial charge in [0.1, 0.15) is 11.4 Å². The van der Waals surface area contributed by atoms with Gasteiger partial charge in [-0.3, -0.25) is 0 Å². The van der Waals surface area contributed by atoms with Gasteiger partial charge in [-0.05, 0) is 33.1 Å². The Kier molecular flexibility index (Phi) is 3.28. The van der Waals surface area contributed by atoms with Gasteiger partial charge in [-0.15, -0.1) is 0 Å². The number of nitrogens with zero attached hydrogens (tertiary/aromatic N) is 3. The van der Waals surface area contributed by atoms with Crippen LogP contribution in [-0.4, -0.2) is 21.6 Å². The smallest absolute Gasteiger partial charge is 0.223 e. The Morgan fingerprint density at radius 3 is 2.53 bits per heavy atom. The molecule has 0 aromatic carbocycles. The number of hydrogen-bond donors (Lipinski definition) is 1. The van der Waals surface area contributed by atoms with Crippen molar-refractivity contribution in [1.82, 2.24) is 15.0 Å². The lowest BCUT2D eigenvalue weighted by Crippen LogP contribution is -2.29. The van der Waals surface area contributed by atoms with Crippen molar-refractivity contribution in [2.45, 2.75) is 51.6 Å². The van der Waals surface area contributed by atoms with Gasteiger partial charge in [0.05, 0.1) is 0 Å². The molecule has 1 aliphatic rings. The van der Waals surface area contributed by atoms with Gasteiger partial charge in [-0.1, -0.05) is 6.92 Å². The summed E-state index contributed by atoms with van der Waals surface area (Å²) in [5.74, 6) is 2.26. The van der Waals surface area contributed by atoms with Gasteiger partial charge >= 0.3 is 0 Å². The molecular formula is C12H20N4O. The first-order valence-corrected chi connectivity index (χ1v) is 6.25. The highest BCUT2D eigenvalue weighted by molar-refractivity contribution is 5.21. The van der Waals surface area contributed by atoms with Gasteiger partial charge in [0, 0.05) is 12.5 Å². The average Bonchev–Trinajstić information content (AvgIpc) is 3.12. The fourth-order valence-electron chi connectivity index (χ4n) is 1.81. The van der Waals surface area contributed by atoms with Gasteiger partial charge < -0.3 is 10.5 Å². The fraction of sp³-hybridized carbons (Fsp3) is 0.750. The Balaban J connectivity index is 2.35. The number of nitrogens with two attached hydrogens (primary N) is 1. The zero-order valence-corrected chi connectivity index (χ0v) is 10.7. The summed E-state index contributed by atoms with van der Waals surface area (Å²) >= 11 is 0. The second-order valence-corrected chi connectivity index (χ2v) is 4.67. The van der Waals surface area contributed by atoms with E-state index in [9.17, 15) is 0 Å². The molecule has 0 saturated heterocycles. The molecule has 1 atom stereocenters. The third-order valence-corrected chi connectivity index (χ3v) is 3.22. The molecule has 5 heteroatoms. The first kappa shape index (κ1) is 12.2. The van der Waals surface area contributed by atoms with Gasteiger partial charge in [0.15, 0.2) is 5.82 Å². The number of aromatic nitrogens is 3. The van der Waals surface area contributed by atoms with E-state index in [0.29, 0.717) is 24.3 Å². The highest BCUT2D eigenvalue weighted by Crippen LogP contribution is 2.39. The van der Waals surface area contributed by atoms with E-state index in [0.717, 1.165) is 25.1 Å². The van der Waals surface area contributed by atoms with Gasteiger partial charge in [-0.25, -0.2) is 4.98 Å². The largest absolute Gasteiger partial charge is 0.368 e. The highest BCUT2D eigenvalue weighted by Gasteiger charge is 2.33. The van der Waals surface area contributed by atoms with Gasteiger partial charge in [0.2, 0.25) is 5.95 Å². The lowest BCUT2D eigenvalue weighted by Gasteiger charge is -2.26. The zero-order valence-electron chi connectivity index (χ0n) is 10.7. The van der Waals surface area contributed by atoms with Crippen LogP contribution in [0.2, 0.25) is 0 Å². The Bertz CT molecular complexity index is 405. The van der Waals surface area contributed by atoms with Crippen molar-refractivity contribution in [2.75, 3.05) is 12.3 Å². The maximum absolute atomic E-state index is 5.77. The van der Waals surface area contributed by atoms with E-state index in [2.05, 4.69) is 21.9 Å². The minimum absolute atomic E-state index is 0.302. The number of rotatable bonds is 5. The summed E-state index contributed by atoms with van der Waals surface area (Å²) in [4.78, 5) is 13.0. The quantitative estimate of drug-likeness (QED) is 0.846. The van der Waals surface area contributed by atoms with Crippen LogP contribution in [0.15, 0.2) is 0 Å². The van der Waals surface area contributed by atoms with Crippen LogP contribution in [0.5, 0.6) is 0 Å². The normalized spacial score (nSPS) is 19.0. The van der Waals surface area contributed by atoms with Gasteiger partial charge in [-0.2, -0.15) is 9.97 Å². The molecule has 0 aliphatic heterocycles. The molecule has 2 rings (SSSR count). The van der Waals surface area contributed by atoms with E-state index in [1.165, 1.54) is 0 Å². The molecule has 0 radical (unpaired) electrons. The standard InChI is InChI=1S/C12H20N4O/c1-4-12(3,17-5-2)10-14-9(8-6-7-8)15-11(13)16-10/h8H,4-7H2,1-3H3,(H2,13,14,15,16). The topological polar surface area (TPSA) is 73.9 Å². The summed E-state index contributed by atoms with van der Waals surface area (Å²) in [5, 5.41) is 0. The van der Waals surface area contributed by atoms with E-state index in [-0.39, 0.29) is 0 Å². The highest BCUT2D eigenvalue weighted by atomic mass is 16.5. The Morgan fingerprint density at radius 1 is 1.29 bits per heavy atom. The minimum atomic E-state index is -0.463. The van der Waals surface area contributed by atoms with Crippen molar-refractivity contribution < 1.29 is 4.74 Å². The minimum Gasteiger partial charge on any atom is -0.368 e. The third-order valence-electron chi connectivity index (χ3n) is 3.22. The Labute approximate surface area is 102 Å². The third kappa shape index (κ3) is 2.54. The molecule has 1 heterocycles. The van der Waals surface area contributed by atoms with Crippen molar-refractivity contribution in [1.29, 1.82) is 0 Å². The Morgan fingerprint density at radius 2 is 2.00 bits per heavy atom. The molecular weight excluding hydrogens is 216 g/mol. The molecule has 1 aliphatic carbocycles. The van der Waals surface area contributed by atoms with Crippen LogP contribution in [0.4, 0.5) is 5.95 Å². The van der Waals surface area contributed by atoms with E-state index in [1.807, 2.05) is 13.8 Å². The molecule has 1 aromatic heterocycles. The first-order valence-electron chi connectivity index (χ1n) is 6.25. The summed E-state index contributed by atoms with van der Waals surface area (Å²) < 4.78 is 5.77. The van der Waals surface area contributed by atoms with E-state index >= 15 is 0 Å². The van der Waals surface area contributed by atoms with Crippen molar-refractivity contribution in [3.63, 3.8) is 0 Å². The molecule has 1 aromatic rings. The van der Waals surface area contributed by atoms with Crippen molar-refractivity contribution in [3.8, 4) is 0 Å². The second-order valence-electron chi connectivity index (χ2n) is 4.67. The summed E-state index contributed by atoms with van der Waals surface area (Å²) in [7, 11) is 0. The zero-order chi connectivity index (χ0) is 12.5. The summed E-state index contributed by atoms with van der Waals surface area (Å²) in [6.07, 6.45) is 3.12. The molecule has 2 N–H and O–H groups in total. The molecule has 0 spiro atoms. The molecule has 1 saturated carbocycles. The first-order chi connectivity index (χ1) is 8.09. The van der Waals surface area contributed by atoms with Crippen LogP contribution in [0.1, 0.15) is 57.6 Å². The van der Waals surface area contributed by atoms with Crippen molar-refractivity contribution in [3.05, 3.63) is 11.6 Å². The lowest BCUT2D eigenvalue weighted by atomic mass is 10.0. The Hall–Kier alpha value is -1.23. The van der Waals surface area contributed by atoms with Crippen molar-refractivity contribution in [2.24, 2.45) is 0 Å². The summed E-state index contributed by atoms with van der Waals surface area (Å²) in [6, 6.07) is 0. The van der Waals surface area contributed by atoms with Crippen LogP contribution in [0.3, 0.4) is 0 Å². The number of anilines is 1. The van der Waals surface area contributed by atoms with Crippen molar-refractivity contribution >= 4 is 5.95 Å². The van der Waals surface area contributed by atoms with E-state index < -0.39 is 5.60 Å². The summed E-state index contributed by atoms with van der Waals surface area (Å²) in [6.45, 7) is 6.67. The predicted molar refractivity (Wildman–Crippen MR) is 65.5 cm³/mol. The molecule has 1 unspecified atom stereocenters. The molecule has 0 bridgehead atoms. The lowest BCUT2D eigenvalue weighted by molar-refractivity contribution is -0.0392. The summed E-state index contributed by atoms with van der Waals surface area (Å²) in [5.41, 5.74) is 5.29. The number of hydrogen-bond acceptors (Lipinski definition) is 5. The molecule has 17 heavy (non-hydrogen) atoms. The molecule has 94 valence electrons. The van der Waals surface area contributed by atoms with E-state index in [1.54, 1.807) is 0 Å². The van der Waals surface area contributed by atoms with Crippen LogP contribution in [-0.2, 0) is 10.3 Å². The number of ether oxygens (including phenoxy) is 1. The average molecular weight is 236 g/mol. The predicted octanol–water partition coefficient (Wildman–Crippen LogP) is 1.99.